The van der Waals surface area contributed by atoms with Crippen molar-refractivity contribution >= 4 is 29.0 Å². The Bertz CT molecular complexity index is 394. The van der Waals surface area contributed by atoms with Crippen LogP contribution in [0.4, 0.5) is 11.4 Å². The molecule has 0 aliphatic carbocycles. The lowest BCUT2D eigenvalue weighted by molar-refractivity contribution is -0.116. The van der Waals surface area contributed by atoms with E-state index in [-0.39, 0.29) is 5.91 Å². The molecule has 3 N–H and O–H groups in total. The van der Waals surface area contributed by atoms with Crippen LogP contribution in [0.1, 0.15) is 13.3 Å². The van der Waals surface area contributed by atoms with Crippen molar-refractivity contribution < 1.29 is 4.79 Å². The molecule has 4 nitrogen and oxygen atoms in total. The van der Waals surface area contributed by atoms with E-state index in [1.54, 1.807) is 12.1 Å². The van der Waals surface area contributed by atoms with E-state index in [9.17, 15) is 4.79 Å². The molecule has 0 saturated heterocycles. The van der Waals surface area contributed by atoms with Gasteiger partial charge < -0.3 is 16.0 Å². The van der Waals surface area contributed by atoms with Crippen LogP contribution in [0, 0.1) is 0 Å². The third-order valence-electron chi connectivity index (χ3n) is 3.05. The molecule has 1 amide bonds. The predicted octanol–water partition coefficient (Wildman–Crippen LogP) is 2.28. The molecular weight excluding hydrogens is 258 g/mol. The van der Waals surface area contributed by atoms with Crippen LogP contribution >= 0.6 is 11.8 Å². The SMILES string of the molecule is CSCC(C)N(C)CCC(=O)Nc1ccc(N)cc1. The molecule has 0 aliphatic rings. The van der Waals surface area contributed by atoms with Crippen LogP contribution in [0.3, 0.4) is 0 Å². The first-order valence-electron chi connectivity index (χ1n) is 6.37. The molecule has 19 heavy (non-hydrogen) atoms. The van der Waals surface area contributed by atoms with Crippen LogP contribution in [0.25, 0.3) is 0 Å². The average molecular weight is 281 g/mol. The van der Waals surface area contributed by atoms with E-state index in [1.165, 1.54) is 0 Å². The molecule has 1 aromatic carbocycles. The van der Waals surface area contributed by atoms with Crippen molar-refractivity contribution in [3.8, 4) is 0 Å². The second-order valence-corrected chi connectivity index (χ2v) is 5.62. The monoisotopic (exact) mass is 281 g/mol. The highest BCUT2D eigenvalue weighted by atomic mass is 32.2. The van der Waals surface area contributed by atoms with Crippen molar-refractivity contribution in [1.29, 1.82) is 0 Å². The van der Waals surface area contributed by atoms with E-state index in [4.69, 9.17) is 5.73 Å². The number of amides is 1. The van der Waals surface area contributed by atoms with Crippen LogP contribution in [0.2, 0.25) is 0 Å². The topological polar surface area (TPSA) is 58.4 Å². The van der Waals surface area contributed by atoms with Crippen molar-refractivity contribution in [3.63, 3.8) is 0 Å². The zero-order valence-corrected chi connectivity index (χ0v) is 12.7. The van der Waals surface area contributed by atoms with Crippen molar-refractivity contribution in [2.24, 2.45) is 0 Å². The Hall–Kier alpha value is -1.20. The van der Waals surface area contributed by atoms with Gasteiger partial charge in [-0.1, -0.05) is 0 Å². The molecular formula is C14H23N3OS. The summed E-state index contributed by atoms with van der Waals surface area (Å²) in [6.07, 6.45) is 2.59. The van der Waals surface area contributed by atoms with Crippen molar-refractivity contribution in [3.05, 3.63) is 24.3 Å². The first-order valence-corrected chi connectivity index (χ1v) is 7.77. The van der Waals surface area contributed by atoms with Gasteiger partial charge in [0.1, 0.15) is 0 Å². The van der Waals surface area contributed by atoms with Crippen LogP contribution in [-0.2, 0) is 4.79 Å². The largest absolute Gasteiger partial charge is 0.399 e. The van der Waals surface area contributed by atoms with E-state index < -0.39 is 0 Å². The summed E-state index contributed by atoms with van der Waals surface area (Å²) in [6.45, 7) is 2.94. The third-order valence-corrected chi connectivity index (χ3v) is 3.86. The highest BCUT2D eigenvalue weighted by Crippen LogP contribution is 2.11. The van der Waals surface area contributed by atoms with Gasteiger partial charge >= 0.3 is 0 Å². The third kappa shape index (κ3) is 5.98. The van der Waals surface area contributed by atoms with Crippen molar-refractivity contribution in [2.75, 3.05) is 36.7 Å². The van der Waals surface area contributed by atoms with Crippen molar-refractivity contribution in [2.45, 2.75) is 19.4 Å². The van der Waals surface area contributed by atoms with Gasteiger partial charge in [-0.25, -0.2) is 0 Å². The Labute approximate surface area is 119 Å². The Balaban J connectivity index is 2.33. The molecule has 1 atom stereocenters. The first-order chi connectivity index (χ1) is 9.02. The number of nitrogens with two attached hydrogens (primary N) is 1. The zero-order valence-electron chi connectivity index (χ0n) is 11.8. The van der Waals surface area contributed by atoms with Crippen LogP contribution in [0.5, 0.6) is 0 Å². The van der Waals surface area contributed by atoms with E-state index in [0.29, 0.717) is 18.2 Å². The van der Waals surface area contributed by atoms with Gasteiger partial charge in [0, 0.05) is 36.1 Å². The quantitative estimate of drug-likeness (QED) is 0.753. The Morgan fingerprint density at radius 2 is 2.05 bits per heavy atom. The van der Waals surface area contributed by atoms with Gasteiger partial charge in [-0.3, -0.25) is 4.79 Å². The van der Waals surface area contributed by atoms with Crippen LogP contribution in [0.15, 0.2) is 24.3 Å². The summed E-state index contributed by atoms with van der Waals surface area (Å²) in [5, 5.41) is 2.87. The normalized spacial score (nSPS) is 12.4. The van der Waals surface area contributed by atoms with Crippen molar-refractivity contribution in [1.82, 2.24) is 4.90 Å². The number of nitrogen functional groups attached to an aromatic ring is 1. The Morgan fingerprint density at radius 1 is 1.42 bits per heavy atom. The molecule has 0 saturated carbocycles. The lowest BCUT2D eigenvalue weighted by atomic mass is 10.2. The molecule has 0 aliphatic heterocycles. The number of carbonyl (C=O) groups is 1. The zero-order chi connectivity index (χ0) is 14.3. The summed E-state index contributed by atoms with van der Waals surface area (Å²) in [7, 11) is 2.05. The second kappa shape index (κ2) is 8.07. The molecule has 1 aromatic rings. The Kier molecular flexibility index (Phi) is 6.73. The average Bonchev–Trinajstić information content (AvgIpc) is 2.39. The van der Waals surface area contributed by atoms with Crippen LogP contribution < -0.4 is 11.1 Å². The van der Waals surface area contributed by atoms with Gasteiger partial charge in [-0.15, -0.1) is 0 Å². The van der Waals surface area contributed by atoms with Crippen LogP contribution in [-0.4, -0.2) is 42.4 Å². The summed E-state index contributed by atoms with van der Waals surface area (Å²) in [5.41, 5.74) is 7.08. The summed E-state index contributed by atoms with van der Waals surface area (Å²) in [6, 6.07) is 7.67. The minimum atomic E-state index is 0.0352. The maximum atomic E-state index is 11.8. The maximum absolute atomic E-state index is 11.8. The molecule has 0 fully saturated rings. The number of rotatable bonds is 7. The number of carbonyl (C=O) groups excluding carboxylic acids is 1. The number of thioether (sulfide) groups is 1. The van der Waals surface area contributed by atoms with Gasteiger partial charge in [0.05, 0.1) is 0 Å². The number of anilines is 2. The molecule has 0 radical (unpaired) electrons. The van der Waals surface area contributed by atoms with Gasteiger partial charge in [0.25, 0.3) is 0 Å². The number of hydrogen-bond donors (Lipinski definition) is 2. The fourth-order valence-electron chi connectivity index (χ4n) is 1.66. The molecule has 0 spiro atoms. The summed E-state index contributed by atoms with van der Waals surface area (Å²) < 4.78 is 0. The van der Waals surface area contributed by atoms with Gasteiger partial charge in [0.2, 0.25) is 5.91 Å². The smallest absolute Gasteiger partial charge is 0.225 e. The minimum Gasteiger partial charge on any atom is -0.399 e. The first kappa shape index (κ1) is 15.9. The number of nitrogens with one attached hydrogen (secondary N) is 1. The molecule has 1 unspecified atom stereocenters. The number of nitrogens with zero attached hydrogens (tertiary/aromatic N) is 1. The minimum absolute atomic E-state index is 0.0352. The lowest BCUT2D eigenvalue weighted by Gasteiger charge is -2.23. The van der Waals surface area contributed by atoms with E-state index in [2.05, 4.69) is 30.4 Å². The Morgan fingerprint density at radius 3 is 2.63 bits per heavy atom. The molecule has 0 bridgehead atoms. The summed E-state index contributed by atoms with van der Waals surface area (Å²) >= 11 is 1.82. The summed E-state index contributed by atoms with van der Waals surface area (Å²) in [4.78, 5) is 14.0. The second-order valence-electron chi connectivity index (χ2n) is 4.71. The van der Waals surface area contributed by atoms with E-state index in [1.807, 2.05) is 23.9 Å². The lowest BCUT2D eigenvalue weighted by Crippen LogP contribution is -2.33. The highest BCUT2D eigenvalue weighted by molar-refractivity contribution is 7.98. The molecule has 0 heterocycles. The number of hydrogen-bond acceptors (Lipinski definition) is 4. The molecule has 0 aromatic heterocycles. The predicted molar refractivity (Wildman–Crippen MR) is 84.6 cm³/mol. The van der Waals surface area contributed by atoms with Gasteiger partial charge in [-0.05, 0) is 44.5 Å². The van der Waals surface area contributed by atoms with E-state index in [0.717, 1.165) is 18.0 Å². The number of benzene rings is 1. The molecule has 106 valence electrons. The molecule has 1 rings (SSSR count). The van der Waals surface area contributed by atoms with Gasteiger partial charge in [-0.2, -0.15) is 11.8 Å². The highest BCUT2D eigenvalue weighted by Gasteiger charge is 2.10. The maximum Gasteiger partial charge on any atom is 0.225 e. The molecule has 5 heteroatoms. The fraction of sp³-hybridized carbons (Fsp3) is 0.500. The standard InChI is InChI=1S/C14H23N3OS/c1-11(10-19-3)17(2)9-8-14(18)16-13-6-4-12(15)5-7-13/h4-7,11H,8-10,15H2,1-3H3,(H,16,18). The van der Waals surface area contributed by atoms with Gasteiger partial charge in [0.15, 0.2) is 0 Å². The summed E-state index contributed by atoms with van der Waals surface area (Å²) in [5.74, 6) is 1.11. The van der Waals surface area contributed by atoms with E-state index >= 15 is 0 Å². The fourth-order valence-corrected chi connectivity index (χ4v) is 2.39.